The third-order valence-corrected chi connectivity index (χ3v) is 2.43. The van der Waals surface area contributed by atoms with E-state index in [-0.39, 0.29) is 27.4 Å². The van der Waals surface area contributed by atoms with Gasteiger partial charge in [0.1, 0.15) is 0 Å². The van der Waals surface area contributed by atoms with Crippen LogP contribution >= 0.6 is 17.0 Å². The maximum Gasteiger partial charge on any atom is 0.250 e. The Bertz CT molecular complexity index is 444. The van der Waals surface area contributed by atoms with Gasteiger partial charge in [0.25, 0.3) is 0 Å². The molecule has 0 atom stereocenters. The first-order chi connectivity index (χ1) is 5.93. The van der Waals surface area contributed by atoms with Gasteiger partial charge in [-0.2, -0.15) is 0 Å². The number of benzene rings is 1. The molecular formula is C7H9BrN2O3S. The number of nitrogens with two attached hydrogens (primary N) is 2. The summed E-state index contributed by atoms with van der Waals surface area (Å²) < 4.78 is 21.9. The number of carbonyl (C=O) groups excluding carboxylic acids is 1. The second-order valence-corrected chi connectivity index (χ2v) is 3.94. The van der Waals surface area contributed by atoms with Gasteiger partial charge in [0.2, 0.25) is 15.9 Å². The van der Waals surface area contributed by atoms with Crippen molar-refractivity contribution >= 4 is 32.9 Å². The largest absolute Gasteiger partial charge is 0.366 e. The number of hydrogen-bond acceptors (Lipinski definition) is 3. The summed E-state index contributed by atoms with van der Waals surface area (Å²) in [5, 5.41) is 4.86. The van der Waals surface area contributed by atoms with Crippen LogP contribution in [-0.4, -0.2) is 14.3 Å². The Balaban J connectivity index is 0.00000169. The molecule has 78 valence electrons. The summed E-state index contributed by atoms with van der Waals surface area (Å²) in [6.07, 6.45) is 0. The van der Waals surface area contributed by atoms with Crippen molar-refractivity contribution in [3.05, 3.63) is 29.8 Å². The zero-order valence-electron chi connectivity index (χ0n) is 7.01. The number of halogens is 1. The molecule has 0 bridgehead atoms. The van der Waals surface area contributed by atoms with E-state index in [4.69, 9.17) is 10.9 Å². The van der Waals surface area contributed by atoms with E-state index in [0.29, 0.717) is 0 Å². The molecule has 0 heterocycles. The van der Waals surface area contributed by atoms with Crippen LogP contribution < -0.4 is 10.9 Å². The van der Waals surface area contributed by atoms with Gasteiger partial charge in [-0.15, -0.1) is 17.0 Å². The number of amides is 1. The fraction of sp³-hybridized carbons (Fsp3) is 0. The predicted octanol–water partition coefficient (Wildman–Crippen LogP) is 0.0108. The molecule has 1 rings (SSSR count). The van der Waals surface area contributed by atoms with Crippen molar-refractivity contribution in [1.29, 1.82) is 0 Å². The quantitative estimate of drug-likeness (QED) is 0.798. The van der Waals surface area contributed by atoms with Gasteiger partial charge in [0, 0.05) is 0 Å². The number of primary sulfonamides is 1. The van der Waals surface area contributed by atoms with E-state index in [2.05, 4.69) is 0 Å². The molecule has 1 aromatic rings. The number of primary amides is 1. The second-order valence-electron chi connectivity index (χ2n) is 2.41. The molecule has 0 aliphatic heterocycles. The Hall–Kier alpha value is -0.920. The summed E-state index contributed by atoms with van der Waals surface area (Å²) in [7, 11) is -3.88. The lowest BCUT2D eigenvalue weighted by Gasteiger charge is -2.02. The smallest absolute Gasteiger partial charge is 0.250 e. The lowest BCUT2D eigenvalue weighted by atomic mass is 10.2. The highest BCUT2D eigenvalue weighted by Gasteiger charge is 2.15. The zero-order valence-corrected chi connectivity index (χ0v) is 9.53. The van der Waals surface area contributed by atoms with E-state index in [1.54, 1.807) is 0 Å². The zero-order chi connectivity index (χ0) is 10.1. The summed E-state index contributed by atoms with van der Waals surface area (Å²) in [6.45, 7) is 0. The summed E-state index contributed by atoms with van der Waals surface area (Å²) >= 11 is 0. The topological polar surface area (TPSA) is 103 Å². The molecule has 5 nitrogen and oxygen atoms in total. The van der Waals surface area contributed by atoms with Crippen LogP contribution in [0.25, 0.3) is 0 Å². The number of rotatable bonds is 2. The number of carbonyl (C=O) groups is 1. The van der Waals surface area contributed by atoms with E-state index in [1.165, 1.54) is 24.3 Å². The molecule has 0 aliphatic rings. The fourth-order valence-corrected chi connectivity index (χ4v) is 1.66. The van der Waals surface area contributed by atoms with Gasteiger partial charge < -0.3 is 5.73 Å². The highest BCUT2D eigenvalue weighted by atomic mass is 79.9. The minimum Gasteiger partial charge on any atom is -0.366 e. The van der Waals surface area contributed by atoms with Crippen LogP contribution in [-0.2, 0) is 10.0 Å². The molecule has 7 heteroatoms. The van der Waals surface area contributed by atoms with Crippen LogP contribution in [0.1, 0.15) is 10.4 Å². The Morgan fingerprint density at radius 2 is 1.71 bits per heavy atom. The van der Waals surface area contributed by atoms with E-state index in [9.17, 15) is 13.2 Å². The third-order valence-electron chi connectivity index (χ3n) is 1.46. The average molecular weight is 281 g/mol. The molecule has 0 aromatic heterocycles. The van der Waals surface area contributed by atoms with Crippen LogP contribution in [0.4, 0.5) is 0 Å². The van der Waals surface area contributed by atoms with Crippen LogP contribution in [0.15, 0.2) is 29.2 Å². The minimum atomic E-state index is -3.88. The van der Waals surface area contributed by atoms with Crippen molar-refractivity contribution in [1.82, 2.24) is 0 Å². The first kappa shape index (κ1) is 13.1. The number of hydrogen-bond donors (Lipinski definition) is 2. The molecule has 0 aliphatic carbocycles. The molecule has 0 spiro atoms. The third kappa shape index (κ3) is 2.79. The highest BCUT2D eigenvalue weighted by Crippen LogP contribution is 2.12. The molecule has 1 amide bonds. The maximum atomic E-state index is 10.9. The normalized spacial score (nSPS) is 10.4. The van der Waals surface area contributed by atoms with E-state index in [1.807, 2.05) is 0 Å². The SMILES string of the molecule is Br.NC(=O)c1ccccc1S(N)(=O)=O. The van der Waals surface area contributed by atoms with Gasteiger partial charge in [0.05, 0.1) is 10.5 Å². The average Bonchev–Trinajstić information content (AvgIpc) is 2.03. The van der Waals surface area contributed by atoms with Crippen LogP contribution in [0.5, 0.6) is 0 Å². The molecular weight excluding hydrogens is 272 g/mol. The molecule has 4 N–H and O–H groups in total. The second kappa shape index (κ2) is 4.54. The molecule has 0 saturated carbocycles. The van der Waals surface area contributed by atoms with Gasteiger partial charge in [0.15, 0.2) is 0 Å². The van der Waals surface area contributed by atoms with Crippen LogP contribution in [0.2, 0.25) is 0 Å². The van der Waals surface area contributed by atoms with Gasteiger partial charge in [-0.25, -0.2) is 13.6 Å². The summed E-state index contributed by atoms with van der Waals surface area (Å²) in [6, 6.07) is 5.51. The summed E-state index contributed by atoms with van der Waals surface area (Å²) in [5.74, 6) is -0.815. The van der Waals surface area contributed by atoms with Crippen molar-refractivity contribution < 1.29 is 13.2 Å². The van der Waals surface area contributed by atoms with E-state index < -0.39 is 15.9 Å². The van der Waals surface area contributed by atoms with Gasteiger partial charge in [-0.3, -0.25) is 4.79 Å². The predicted molar refractivity (Wildman–Crippen MR) is 56.7 cm³/mol. The van der Waals surface area contributed by atoms with Crippen LogP contribution in [0, 0.1) is 0 Å². The Morgan fingerprint density at radius 1 is 1.21 bits per heavy atom. The van der Waals surface area contributed by atoms with E-state index >= 15 is 0 Å². The molecule has 0 fully saturated rings. The Labute approximate surface area is 91.9 Å². The fourth-order valence-electron chi connectivity index (χ4n) is 0.918. The molecule has 1 aromatic carbocycles. The maximum absolute atomic E-state index is 10.9. The van der Waals surface area contributed by atoms with Gasteiger partial charge >= 0.3 is 0 Å². The first-order valence-electron chi connectivity index (χ1n) is 3.34. The van der Waals surface area contributed by atoms with E-state index in [0.717, 1.165) is 0 Å². The van der Waals surface area contributed by atoms with Crippen LogP contribution in [0.3, 0.4) is 0 Å². The molecule has 14 heavy (non-hydrogen) atoms. The number of sulfonamides is 1. The Morgan fingerprint density at radius 3 is 2.07 bits per heavy atom. The molecule has 0 radical (unpaired) electrons. The summed E-state index contributed by atoms with van der Waals surface area (Å²) in [4.78, 5) is 10.5. The van der Waals surface area contributed by atoms with Crippen molar-refractivity contribution in [3.63, 3.8) is 0 Å². The first-order valence-corrected chi connectivity index (χ1v) is 4.89. The van der Waals surface area contributed by atoms with Crippen molar-refractivity contribution in [2.75, 3.05) is 0 Å². The lowest BCUT2D eigenvalue weighted by Crippen LogP contribution is -2.20. The molecule has 0 unspecified atom stereocenters. The Kier molecular flexibility index (Phi) is 4.24. The highest BCUT2D eigenvalue weighted by molar-refractivity contribution is 8.93. The minimum absolute atomic E-state index is 0. The lowest BCUT2D eigenvalue weighted by molar-refractivity contribution is 0.0997. The summed E-state index contributed by atoms with van der Waals surface area (Å²) in [5.41, 5.74) is 4.86. The monoisotopic (exact) mass is 280 g/mol. The standard InChI is InChI=1S/C7H8N2O3S.BrH/c8-7(10)5-3-1-2-4-6(5)13(9,11)12;/h1-4H,(H2,8,10)(H2,9,11,12);1H. The molecule has 0 saturated heterocycles. The van der Waals surface area contributed by atoms with Crippen molar-refractivity contribution in [3.8, 4) is 0 Å². The van der Waals surface area contributed by atoms with Gasteiger partial charge in [-0.05, 0) is 12.1 Å². The van der Waals surface area contributed by atoms with Crippen molar-refractivity contribution in [2.45, 2.75) is 4.90 Å². The van der Waals surface area contributed by atoms with Gasteiger partial charge in [-0.1, -0.05) is 12.1 Å². The van der Waals surface area contributed by atoms with Crippen molar-refractivity contribution in [2.24, 2.45) is 10.9 Å².